The number of carbonyl (C=O) groups excluding carboxylic acids is 1. The van der Waals surface area contributed by atoms with Crippen LogP contribution in [0.5, 0.6) is 17.2 Å². The zero-order chi connectivity index (χ0) is 21.2. The normalized spacial score (nSPS) is 10.8. The number of aromatic hydroxyl groups is 1. The van der Waals surface area contributed by atoms with Gasteiger partial charge in [0.2, 0.25) is 5.91 Å². The lowest BCUT2D eigenvalue weighted by Gasteiger charge is -2.17. The summed E-state index contributed by atoms with van der Waals surface area (Å²) >= 11 is 0. The predicted octanol–water partition coefficient (Wildman–Crippen LogP) is 3.31. The second-order valence-corrected chi connectivity index (χ2v) is 6.09. The van der Waals surface area contributed by atoms with E-state index >= 15 is 0 Å². The van der Waals surface area contributed by atoms with Gasteiger partial charge >= 0.3 is 0 Å². The van der Waals surface area contributed by atoms with Crippen LogP contribution in [0, 0.1) is 0 Å². The molecule has 7 heteroatoms. The average Bonchev–Trinajstić information content (AvgIpc) is 2.71. The van der Waals surface area contributed by atoms with Crippen LogP contribution in [0.2, 0.25) is 0 Å². The molecule has 4 N–H and O–H groups in total. The Hall–Kier alpha value is -3.87. The van der Waals surface area contributed by atoms with Crippen molar-refractivity contribution in [1.82, 2.24) is 4.90 Å². The number of methoxy groups -OCH3 is 1. The zero-order valence-corrected chi connectivity index (χ0v) is 16.5. The molecule has 0 aromatic heterocycles. The maximum absolute atomic E-state index is 12.2. The fraction of sp³-hybridized carbons (Fsp3) is 0.136. The molecular weight excluding hydrogens is 370 g/mol. The number of ether oxygens (including phenoxy) is 2. The second-order valence-electron chi connectivity index (χ2n) is 6.09. The number of benzene rings is 2. The summed E-state index contributed by atoms with van der Waals surface area (Å²) in [5.74, 6) is 0.665. The van der Waals surface area contributed by atoms with Crippen molar-refractivity contribution < 1.29 is 19.4 Å². The number of likely N-dealkylation sites (N-methyl/N-ethyl adjacent to an activating group) is 1. The molecule has 29 heavy (non-hydrogen) atoms. The Morgan fingerprint density at radius 2 is 2.10 bits per heavy atom. The highest BCUT2D eigenvalue weighted by molar-refractivity contribution is 6.02. The molecule has 0 radical (unpaired) electrons. The van der Waals surface area contributed by atoms with Gasteiger partial charge in [0.05, 0.1) is 7.11 Å². The minimum absolute atomic E-state index is 0.00842. The number of anilines is 1. The number of phenolic OH excluding ortho intramolecular Hbond substituents is 1. The van der Waals surface area contributed by atoms with Gasteiger partial charge in [0.25, 0.3) is 0 Å². The monoisotopic (exact) mass is 395 g/mol. The van der Waals surface area contributed by atoms with Gasteiger partial charge in [-0.2, -0.15) is 0 Å². The Labute approximate surface area is 170 Å². The summed E-state index contributed by atoms with van der Waals surface area (Å²) in [4.78, 5) is 13.9. The van der Waals surface area contributed by atoms with Crippen LogP contribution in [0.3, 0.4) is 0 Å². The number of nitrogens with one attached hydrogen (secondary N) is 1. The molecule has 2 aromatic carbocycles. The van der Waals surface area contributed by atoms with E-state index in [9.17, 15) is 9.90 Å². The number of rotatable bonds is 9. The molecule has 0 unspecified atom stereocenters. The summed E-state index contributed by atoms with van der Waals surface area (Å²) < 4.78 is 10.7. The summed E-state index contributed by atoms with van der Waals surface area (Å²) in [5.41, 5.74) is 7.35. The van der Waals surface area contributed by atoms with Crippen molar-refractivity contribution >= 4 is 17.7 Å². The molecule has 0 saturated heterocycles. The van der Waals surface area contributed by atoms with E-state index in [0.717, 1.165) is 5.70 Å². The summed E-state index contributed by atoms with van der Waals surface area (Å²) in [5, 5.41) is 12.6. The van der Waals surface area contributed by atoms with Crippen molar-refractivity contribution in [2.24, 2.45) is 5.73 Å². The van der Waals surface area contributed by atoms with Crippen LogP contribution >= 0.6 is 0 Å². The molecule has 0 atom stereocenters. The highest BCUT2D eigenvalue weighted by Crippen LogP contribution is 2.26. The van der Waals surface area contributed by atoms with Gasteiger partial charge in [-0.15, -0.1) is 0 Å². The van der Waals surface area contributed by atoms with E-state index in [0.29, 0.717) is 22.7 Å². The molecule has 0 saturated carbocycles. The molecule has 1 amide bonds. The Morgan fingerprint density at radius 3 is 2.79 bits per heavy atom. The molecule has 0 aliphatic heterocycles. The van der Waals surface area contributed by atoms with Crippen molar-refractivity contribution in [2.45, 2.75) is 0 Å². The van der Waals surface area contributed by atoms with E-state index in [1.165, 1.54) is 25.5 Å². The van der Waals surface area contributed by atoms with Gasteiger partial charge in [-0.1, -0.05) is 18.7 Å². The summed E-state index contributed by atoms with van der Waals surface area (Å²) in [7, 11) is 3.29. The van der Waals surface area contributed by atoms with Crippen LogP contribution < -0.4 is 20.5 Å². The maximum atomic E-state index is 12.2. The first-order valence-electron chi connectivity index (χ1n) is 8.81. The van der Waals surface area contributed by atoms with Crippen LogP contribution in [-0.2, 0) is 4.79 Å². The zero-order valence-electron chi connectivity index (χ0n) is 16.5. The van der Waals surface area contributed by atoms with Gasteiger partial charge in [0.15, 0.2) is 11.5 Å². The van der Waals surface area contributed by atoms with Gasteiger partial charge in [0.1, 0.15) is 12.4 Å². The van der Waals surface area contributed by atoms with Crippen molar-refractivity contribution in [3.05, 3.63) is 78.8 Å². The van der Waals surface area contributed by atoms with Crippen molar-refractivity contribution in [1.29, 1.82) is 0 Å². The van der Waals surface area contributed by atoms with Crippen molar-refractivity contribution in [3.63, 3.8) is 0 Å². The minimum atomic E-state index is -0.310. The average molecular weight is 395 g/mol. The molecule has 0 aliphatic carbocycles. The van der Waals surface area contributed by atoms with Crippen molar-refractivity contribution in [3.8, 4) is 17.2 Å². The van der Waals surface area contributed by atoms with E-state index in [2.05, 4.69) is 11.9 Å². The van der Waals surface area contributed by atoms with Gasteiger partial charge < -0.3 is 30.5 Å². The first-order chi connectivity index (χ1) is 13.9. The maximum Gasteiger partial charge on any atom is 0.248 e. The number of amides is 1. The van der Waals surface area contributed by atoms with Gasteiger partial charge in [-0.05, 0) is 35.9 Å². The summed E-state index contributed by atoms with van der Waals surface area (Å²) in [6.45, 7) is 4.20. The largest absolute Gasteiger partial charge is 0.504 e. The number of carbonyl (C=O) groups is 1. The number of hydrogen-bond donors (Lipinski definition) is 3. The van der Waals surface area contributed by atoms with E-state index in [1.807, 2.05) is 7.05 Å². The van der Waals surface area contributed by atoms with Crippen LogP contribution in [0.25, 0.3) is 6.08 Å². The van der Waals surface area contributed by atoms with Crippen molar-refractivity contribution in [2.75, 3.05) is 26.1 Å². The van der Waals surface area contributed by atoms with Crippen LogP contribution in [0.1, 0.15) is 5.56 Å². The predicted molar refractivity (Wildman–Crippen MR) is 114 cm³/mol. The fourth-order valence-corrected chi connectivity index (χ4v) is 2.33. The number of phenols is 1. The quantitative estimate of drug-likeness (QED) is 0.564. The Kier molecular flexibility index (Phi) is 7.73. The summed E-state index contributed by atoms with van der Waals surface area (Å²) in [6.07, 6.45) is 6.07. The fourth-order valence-electron chi connectivity index (χ4n) is 2.33. The molecule has 2 aromatic rings. The molecule has 0 fully saturated rings. The van der Waals surface area contributed by atoms with Gasteiger partial charge in [-0.3, -0.25) is 4.79 Å². The third-order valence-electron chi connectivity index (χ3n) is 3.95. The second kappa shape index (κ2) is 10.5. The topological polar surface area (TPSA) is 97.0 Å². The van der Waals surface area contributed by atoms with E-state index < -0.39 is 0 Å². The lowest BCUT2D eigenvalue weighted by molar-refractivity contribution is -0.111. The van der Waals surface area contributed by atoms with Crippen LogP contribution in [-0.4, -0.2) is 36.7 Å². The third-order valence-corrected chi connectivity index (χ3v) is 3.95. The summed E-state index contributed by atoms with van der Waals surface area (Å²) in [6, 6.07) is 11.9. The minimum Gasteiger partial charge on any atom is -0.504 e. The Morgan fingerprint density at radius 1 is 1.31 bits per heavy atom. The van der Waals surface area contributed by atoms with E-state index in [-0.39, 0.29) is 18.3 Å². The number of nitrogens with zero attached hydrogens (tertiary/aromatic N) is 1. The molecule has 0 heterocycles. The number of nitrogens with two attached hydrogens (primary N) is 1. The van der Waals surface area contributed by atoms with Crippen LogP contribution in [0.15, 0.2) is 73.2 Å². The SMILES string of the molecule is C=C(COc1cccc(NC(=O)/C=C/c2ccc(OC)c(O)c2)c1)N(C)/C=C\N. The van der Waals surface area contributed by atoms with E-state index in [1.54, 1.807) is 53.6 Å². The number of hydrogen-bond acceptors (Lipinski definition) is 6. The van der Waals surface area contributed by atoms with E-state index in [4.69, 9.17) is 15.2 Å². The van der Waals surface area contributed by atoms with Gasteiger partial charge in [-0.25, -0.2) is 0 Å². The molecular formula is C22H25N3O4. The molecule has 2 rings (SSSR count). The molecule has 0 bridgehead atoms. The highest BCUT2D eigenvalue weighted by Gasteiger charge is 2.04. The highest BCUT2D eigenvalue weighted by atomic mass is 16.5. The Bertz CT molecular complexity index is 922. The lowest BCUT2D eigenvalue weighted by atomic mass is 10.2. The molecule has 0 spiro atoms. The first kappa shape index (κ1) is 21.4. The lowest BCUT2D eigenvalue weighted by Crippen LogP contribution is -2.16. The van der Waals surface area contributed by atoms with Gasteiger partial charge in [0, 0.05) is 43.0 Å². The molecule has 152 valence electrons. The third kappa shape index (κ3) is 6.66. The standard InChI is InChI=1S/C22H25N3O4/c1-16(25(2)12-11-23)15-29-19-6-4-5-18(14-19)24-22(27)10-8-17-7-9-21(28-3)20(26)13-17/h4-14,26H,1,15,23H2,2-3H3,(H,24,27)/b10-8+,12-11-. The molecule has 7 nitrogen and oxygen atoms in total. The van der Waals surface area contributed by atoms with Crippen LogP contribution in [0.4, 0.5) is 5.69 Å². The molecule has 0 aliphatic rings. The smallest absolute Gasteiger partial charge is 0.248 e. The first-order valence-corrected chi connectivity index (χ1v) is 8.81. The Balaban J connectivity index is 1.94.